The van der Waals surface area contributed by atoms with Crippen molar-refractivity contribution in [3.63, 3.8) is 0 Å². The van der Waals surface area contributed by atoms with Crippen LogP contribution in [0.4, 0.5) is 17.6 Å². The van der Waals surface area contributed by atoms with Crippen molar-refractivity contribution < 1.29 is 36.6 Å². The Morgan fingerprint density at radius 2 is 1.72 bits per heavy atom. The highest BCUT2D eigenvalue weighted by Gasteiger charge is 2.45. The summed E-state index contributed by atoms with van der Waals surface area (Å²) in [5.74, 6) is -1.18. The smallest absolute Gasteiger partial charge is 0.434 e. The molecule has 2 heterocycles. The van der Waals surface area contributed by atoms with Crippen molar-refractivity contribution in [2.24, 2.45) is 4.99 Å². The molecule has 4 aromatic rings. The summed E-state index contributed by atoms with van der Waals surface area (Å²) in [4.78, 5) is 30.4. The van der Waals surface area contributed by atoms with Gasteiger partial charge in [0, 0.05) is 5.02 Å². The number of thiazole rings is 1. The van der Waals surface area contributed by atoms with E-state index in [1.54, 1.807) is 25.1 Å². The number of ether oxygens (including phenoxy) is 3. The fourth-order valence-electron chi connectivity index (χ4n) is 4.76. The predicted octanol–water partition coefficient (Wildman–Crippen LogP) is 6.76. The fourth-order valence-corrected chi connectivity index (χ4v) is 6.16. The van der Waals surface area contributed by atoms with E-state index in [1.807, 2.05) is 0 Å². The second kappa shape index (κ2) is 13.7. The number of rotatable bonds is 9. The molecule has 0 N–H and O–H groups in total. The summed E-state index contributed by atoms with van der Waals surface area (Å²) in [6.45, 7) is 3.31. The lowest BCUT2D eigenvalue weighted by Crippen LogP contribution is -2.41. The first-order valence-electron chi connectivity index (χ1n) is 13.8. The van der Waals surface area contributed by atoms with Gasteiger partial charge in [0.15, 0.2) is 22.0 Å². The SMILES string of the molecule is CCOC(=O)C1=C(C(F)(F)F)N=c2s/c(=C\c3cc(Cl)c(OCc4ccc(F)cc4)c(OCC)c3)c(=O)n2[C@H]1c1ccc(Cl)cc1. The van der Waals surface area contributed by atoms with Gasteiger partial charge in [0.05, 0.1) is 34.4 Å². The lowest BCUT2D eigenvalue weighted by atomic mass is 9.95. The first-order chi connectivity index (χ1) is 21.9. The molecule has 5 rings (SSSR count). The van der Waals surface area contributed by atoms with Gasteiger partial charge in [-0.1, -0.05) is 58.8 Å². The quantitative estimate of drug-likeness (QED) is 0.143. The lowest BCUT2D eigenvalue weighted by molar-refractivity contribution is -0.140. The number of fused-ring (bicyclic) bond motifs is 1. The van der Waals surface area contributed by atoms with E-state index >= 15 is 0 Å². The van der Waals surface area contributed by atoms with Crippen molar-refractivity contribution in [3.05, 3.63) is 124 Å². The Bertz CT molecular complexity index is 1990. The van der Waals surface area contributed by atoms with Crippen molar-refractivity contribution in [3.8, 4) is 11.5 Å². The van der Waals surface area contributed by atoms with Crippen molar-refractivity contribution in [1.82, 2.24) is 4.57 Å². The zero-order chi connectivity index (χ0) is 33.2. The molecule has 46 heavy (non-hydrogen) atoms. The van der Waals surface area contributed by atoms with Gasteiger partial charge in [-0.05, 0) is 73.0 Å². The number of esters is 1. The van der Waals surface area contributed by atoms with Crippen LogP contribution in [0.2, 0.25) is 10.0 Å². The average Bonchev–Trinajstić information content (AvgIpc) is 3.31. The molecule has 0 saturated heterocycles. The zero-order valence-corrected chi connectivity index (χ0v) is 26.5. The van der Waals surface area contributed by atoms with Crippen LogP contribution in [0.25, 0.3) is 6.08 Å². The van der Waals surface area contributed by atoms with Crippen LogP contribution in [-0.2, 0) is 16.1 Å². The molecule has 14 heteroatoms. The van der Waals surface area contributed by atoms with E-state index < -0.39 is 40.8 Å². The van der Waals surface area contributed by atoms with Crippen molar-refractivity contribution in [2.75, 3.05) is 13.2 Å². The minimum Gasteiger partial charge on any atom is -0.490 e. The highest BCUT2D eigenvalue weighted by molar-refractivity contribution is 7.07. The highest BCUT2D eigenvalue weighted by atomic mass is 35.5. The third-order valence-corrected chi connectivity index (χ3v) is 8.22. The monoisotopic (exact) mass is 694 g/mol. The number of hydrogen-bond acceptors (Lipinski definition) is 7. The van der Waals surface area contributed by atoms with Crippen LogP contribution in [0.3, 0.4) is 0 Å². The summed E-state index contributed by atoms with van der Waals surface area (Å²) in [7, 11) is 0. The molecule has 0 radical (unpaired) electrons. The highest BCUT2D eigenvalue weighted by Crippen LogP contribution is 2.39. The normalized spacial score (nSPS) is 15.0. The molecule has 0 spiro atoms. The van der Waals surface area contributed by atoms with Gasteiger partial charge in [0.25, 0.3) is 5.56 Å². The lowest BCUT2D eigenvalue weighted by Gasteiger charge is -2.26. The molecular weight excluding hydrogens is 671 g/mol. The molecule has 1 atom stereocenters. The summed E-state index contributed by atoms with van der Waals surface area (Å²) in [5.41, 5.74) is -1.71. The maximum atomic E-state index is 14.4. The van der Waals surface area contributed by atoms with Crippen LogP contribution in [0.5, 0.6) is 11.5 Å². The second-order valence-electron chi connectivity index (χ2n) is 9.79. The van der Waals surface area contributed by atoms with Crippen LogP contribution >= 0.6 is 34.5 Å². The number of allylic oxidation sites excluding steroid dienone is 1. The Kier molecular flexibility index (Phi) is 9.90. The van der Waals surface area contributed by atoms with Gasteiger partial charge in [0.2, 0.25) is 0 Å². The first-order valence-corrected chi connectivity index (χ1v) is 15.4. The van der Waals surface area contributed by atoms with Crippen molar-refractivity contribution in [2.45, 2.75) is 32.7 Å². The summed E-state index contributed by atoms with van der Waals surface area (Å²) in [6, 6.07) is 13.0. The van der Waals surface area contributed by atoms with Gasteiger partial charge in [-0.15, -0.1) is 0 Å². The van der Waals surface area contributed by atoms with Gasteiger partial charge in [-0.2, -0.15) is 13.2 Å². The molecule has 0 saturated carbocycles. The summed E-state index contributed by atoms with van der Waals surface area (Å²) < 4.78 is 74.0. The molecule has 7 nitrogen and oxygen atoms in total. The molecule has 0 aliphatic carbocycles. The third-order valence-electron chi connectivity index (χ3n) is 6.71. The molecule has 1 aliphatic rings. The summed E-state index contributed by atoms with van der Waals surface area (Å²) in [5, 5.41) is 0.441. The fraction of sp³-hybridized carbons (Fsp3) is 0.219. The van der Waals surface area contributed by atoms with Gasteiger partial charge in [-0.3, -0.25) is 9.36 Å². The Balaban J connectivity index is 1.64. The van der Waals surface area contributed by atoms with E-state index in [0.717, 1.165) is 4.57 Å². The molecular formula is C32H24Cl2F4N2O5S. The summed E-state index contributed by atoms with van der Waals surface area (Å²) in [6.07, 6.45) is -3.60. The number of alkyl halides is 3. The van der Waals surface area contributed by atoms with Crippen LogP contribution in [-0.4, -0.2) is 29.9 Å². The number of nitrogens with zero attached hydrogens (tertiary/aromatic N) is 2. The number of carbonyl (C=O) groups excluding carboxylic acids is 1. The summed E-state index contributed by atoms with van der Waals surface area (Å²) >= 11 is 13.3. The van der Waals surface area contributed by atoms with Crippen LogP contribution < -0.4 is 24.4 Å². The minimum atomic E-state index is -5.04. The molecule has 1 aliphatic heterocycles. The van der Waals surface area contributed by atoms with E-state index in [2.05, 4.69) is 4.99 Å². The number of carbonyl (C=O) groups is 1. The van der Waals surface area contributed by atoms with Crippen LogP contribution in [0.1, 0.15) is 36.6 Å². The first kappa shape index (κ1) is 33.2. The maximum absolute atomic E-state index is 14.4. The number of benzene rings is 3. The molecule has 0 unspecified atom stereocenters. The standard InChI is InChI=1S/C32H24Cl2F4N2O5S/c1-3-43-23-14-18(13-22(34)27(23)45-16-17-5-11-21(35)12-6-17)15-24-29(41)40-26(19-7-9-20(33)10-8-19)25(30(42)44-4-2)28(32(36,37)38)39-31(40)46-24/h5-15,26H,3-4,16H2,1-2H3/b24-15-/t26-/m0/s1. The molecule has 1 aromatic heterocycles. The average molecular weight is 696 g/mol. The zero-order valence-electron chi connectivity index (χ0n) is 24.2. The van der Waals surface area contributed by atoms with Gasteiger partial charge >= 0.3 is 12.1 Å². The van der Waals surface area contributed by atoms with Gasteiger partial charge in [-0.25, -0.2) is 14.2 Å². The minimum absolute atomic E-state index is 0.0165. The molecule has 0 bridgehead atoms. The Morgan fingerprint density at radius 3 is 2.35 bits per heavy atom. The predicted molar refractivity (Wildman–Crippen MR) is 166 cm³/mol. The largest absolute Gasteiger partial charge is 0.490 e. The number of halogens is 6. The van der Waals surface area contributed by atoms with Crippen LogP contribution in [0, 0.1) is 5.82 Å². The Morgan fingerprint density at radius 1 is 1.02 bits per heavy atom. The number of hydrogen-bond donors (Lipinski definition) is 0. The van der Waals surface area contributed by atoms with Crippen molar-refractivity contribution >= 4 is 46.6 Å². The topological polar surface area (TPSA) is 79.1 Å². The molecule has 0 amide bonds. The van der Waals surface area contributed by atoms with Gasteiger partial charge in [0.1, 0.15) is 12.4 Å². The van der Waals surface area contributed by atoms with Crippen molar-refractivity contribution in [1.29, 1.82) is 0 Å². The third kappa shape index (κ3) is 6.98. The maximum Gasteiger partial charge on any atom is 0.434 e. The van der Waals surface area contributed by atoms with Crippen LogP contribution in [0.15, 0.2) is 81.7 Å². The second-order valence-corrected chi connectivity index (χ2v) is 11.6. The van der Waals surface area contributed by atoms with E-state index in [-0.39, 0.29) is 51.2 Å². The molecule has 0 fully saturated rings. The molecule has 240 valence electrons. The van der Waals surface area contributed by atoms with E-state index in [1.165, 1.54) is 55.5 Å². The molecule has 3 aromatic carbocycles. The van der Waals surface area contributed by atoms with E-state index in [9.17, 15) is 27.2 Å². The number of aromatic nitrogens is 1. The van der Waals surface area contributed by atoms with E-state index in [4.69, 9.17) is 37.4 Å². The van der Waals surface area contributed by atoms with E-state index in [0.29, 0.717) is 27.5 Å². The Labute approximate surface area is 273 Å². The Hall–Kier alpha value is -4.13. The van der Waals surface area contributed by atoms with Gasteiger partial charge < -0.3 is 14.2 Å².